The van der Waals surface area contributed by atoms with Crippen LogP contribution in [0.1, 0.15) is 34.9 Å². The third kappa shape index (κ3) is 0.966. The van der Waals surface area contributed by atoms with Crippen LogP contribution in [0.2, 0.25) is 0 Å². The van der Waals surface area contributed by atoms with E-state index >= 15 is 0 Å². The second kappa shape index (κ2) is 2.72. The topological polar surface area (TPSA) is 47.6 Å². The number of nitrogens with zero attached hydrogens (tertiary/aromatic N) is 2. The lowest BCUT2D eigenvalue weighted by atomic mass is 9.90. The van der Waals surface area contributed by atoms with Gasteiger partial charge in [-0.2, -0.15) is 10.5 Å². The van der Waals surface area contributed by atoms with Gasteiger partial charge in [0.25, 0.3) is 0 Å². The molecule has 2 aliphatic carbocycles. The summed E-state index contributed by atoms with van der Waals surface area (Å²) in [6.07, 6.45) is 3.09. The van der Waals surface area contributed by atoms with E-state index in [1.54, 1.807) is 0 Å². The molecule has 2 aliphatic rings. The highest BCUT2D eigenvalue weighted by Gasteiger charge is 2.37. The predicted octanol–water partition coefficient (Wildman–Crippen LogP) is 2.59. The first kappa shape index (κ1) is 8.26. The zero-order chi connectivity index (χ0) is 10.4. The molecule has 2 heteroatoms. The smallest absolute Gasteiger partial charge is 0.0991 e. The van der Waals surface area contributed by atoms with Crippen molar-refractivity contribution < 1.29 is 0 Å². The quantitative estimate of drug-likeness (QED) is 0.634. The normalized spacial score (nSPS) is 25.3. The van der Waals surface area contributed by atoms with E-state index < -0.39 is 0 Å². The summed E-state index contributed by atoms with van der Waals surface area (Å²) in [5.74, 6) is 0.663. The Hall–Kier alpha value is -2.06. The summed E-state index contributed by atoms with van der Waals surface area (Å²) in [7, 11) is 0. The van der Waals surface area contributed by atoms with Gasteiger partial charge in [-0.05, 0) is 29.7 Å². The van der Waals surface area contributed by atoms with Crippen molar-refractivity contribution in [3.05, 3.63) is 46.5 Å². The van der Waals surface area contributed by atoms with Gasteiger partial charge in [-0.25, -0.2) is 0 Å². The molecule has 0 radical (unpaired) electrons. The number of benzene rings is 1. The minimum Gasteiger partial charge on any atom is -0.193 e. The highest BCUT2D eigenvalue weighted by molar-refractivity contribution is 5.56. The molecule has 70 valence electrons. The van der Waals surface area contributed by atoms with Crippen molar-refractivity contribution in [1.29, 1.82) is 10.5 Å². The van der Waals surface area contributed by atoms with Crippen molar-refractivity contribution in [1.82, 2.24) is 0 Å². The van der Waals surface area contributed by atoms with Gasteiger partial charge in [0, 0.05) is 17.4 Å². The minimum absolute atomic E-state index is 0.253. The molecule has 0 unspecified atom stereocenters. The summed E-state index contributed by atoms with van der Waals surface area (Å²) in [6.45, 7) is 0. The number of allylic oxidation sites excluding steroid dienone is 2. The standard InChI is InChI=1S/C13H8N2/c14-6-8-1-2-11-9-4-10(7-15)12(5-9)13(11)3-8/h1-4,9,12H,5H2/t9-,12+/m0/s1. The van der Waals surface area contributed by atoms with Crippen LogP contribution in [0.5, 0.6) is 0 Å². The van der Waals surface area contributed by atoms with E-state index in [1.807, 2.05) is 18.2 Å². The Morgan fingerprint density at radius 1 is 1.13 bits per heavy atom. The molecule has 0 saturated carbocycles. The molecule has 15 heavy (non-hydrogen) atoms. The van der Waals surface area contributed by atoms with Gasteiger partial charge in [0.2, 0.25) is 0 Å². The molecule has 0 saturated heterocycles. The molecule has 1 aromatic carbocycles. The summed E-state index contributed by atoms with van der Waals surface area (Å²) in [5, 5.41) is 17.8. The number of rotatable bonds is 0. The van der Waals surface area contributed by atoms with Crippen molar-refractivity contribution in [2.45, 2.75) is 18.3 Å². The first-order valence-electron chi connectivity index (χ1n) is 4.99. The Balaban J connectivity index is 2.17. The largest absolute Gasteiger partial charge is 0.193 e. The van der Waals surface area contributed by atoms with E-state index in [0.717, 1.165) is 12.0 Å². The average molecular weight is 192 g/mol. The molecule has 2 nitrogen and oxygen atoms in total. The van der Waals surface area contributed by atoms with Crippen molar-refractivity contribution in [3.63, 3.8) is 0 Å². The zero-order valence-electron chi connectivity index (χ0n) is 8.07. The lowest BCUT2D eigenvalue weighted by Gasteiger charge is -2.12. The van der Waals surface area contributed by atoms with Crippen LogP contribution in [0.25, 0.3) is 0 Å². The first-order valence-corrected chi connectivity index (χ1v) is 4.99. The SMILES string of the molecule is N#CC1=C[C@H]2C[C@H]1c1cc(C#N)ccc12. The second-order valence-corrected chi connectivity index (χ2v) is 4.08. The van der Waals surface area contributed by atoms with Gasteiger partial charge in [-0.15, -0.1) is 0 Å². The number of hydrogen-bond acceptors (Lipinski definition) is 2. The van der Waals surface area contributed by atoms with Crippen LogP contribution in [0, 0.1) is 22.7 Å². The molecule has 2 bridgehead atoms. The van der Waals surface area contributed by atoms with Crippen LogP contribution in [0.15, 0.2) is 29.8 Å². The lowest BCUT2D eigenvalue weighted by Crippen LogP contribution is -1.98. The molecule has 0 aromatic heterocycles. The molecule has 0 N–H and O–H groups in total. The number of nitriles is 2. The summed E-state index contributed by atoms with van der Waals surface area (Å²) in [5.41, 5.74) is 4.07. The monoisotopic (exact) mass is 192 g/mol. The highest BCUT2D eigenvalue weighted by Crippen LogP contribution is 2.52. The molecule has 2 atom stereocenters. The summed E-state index contributed by atoms with van der Waals surface area (Å²) >= 11 is 0. The van der Waals surface area contributed by atoms with Gasteiger partial charge in [-0.3, -0.25) is 0 Å². The maximum absolute atomic E-state index is 8.96. The zero-order valence-corrected chi connectivity index (χ0v) is 8.07. The van der Waals surface area contributed by atoms with E-state index in [4.69, 9.17) is 10.5 Å². The Kier molecular flexibility index (Phi) is 1.50. The molecule has 1 aromatic rings. The van der Waals surface area contributed by atoms with Gasteiger partial charge < -0.3 is 0 Å². The Morgan fingerprint density at radius 3 is 2.73 bits per heavy atom. The van der Waals surface area contributed by atoms with Crippen molar-refractivity contribution >= 4 is 0 Å². The second-order valence-electron chi connectivity index (χ2n) is 4.08. The van der Waals surface area contributed by atoms with Crippen LogP contribution in [-0.2, 0) is 0 Å². The fraction of sp³-hybridized carbons (Fsp3) is 0.231. The minimum atomic E-state index is 0.253. The molecule has 0 aliphatic heterocycles. The maximum atomic E-state index is 8.96. The fourth-order valence-electron chi connectivity index (χ4n) is 2.69. The highest BCUT2D eigenvalue weighted by atomic mass is 14.4. The van der Waals surface area contributed by atoms with E-state index in [1.165, 1.54) is 11.1 Å². The number of hydrogen-bond donors (Lipinski definition) is 0. The van der Waals surface area contributed by atoms with E-state index in [-0.39, 0.29) is 5.92 Å². The molecule has 0 amide bonds. The maximum Gasteiger partial charge on any atom is 0.0991 e. The van der Waals surface area contributed by atoms with Gasteiger partial charge >= 0.3 is 0 Å². The van der Waals surface area contributed by atoms with Crippen LogP contribution in [-0.4, -0.2) is 0 Å². The third-order valence-corrected chi connectivity index (χ3v) is 3.37. The van der Waals surface area contributed by atoms with E-state index in [9.17, 15) is 0 Å². The Morgan fingerprint density at radius 2 is 2.00 bits per heavy atom. The first-order chi connectivity index (χ1) is 7.33. The van der Waals surface area contributed by atoms with E-state index in [0.29, 0.717) is 11.5 Å². The Bertz CT molecular complexity index is 555. The van der Waals surface area contributed by atoms with Crippen molar-refractivity contribution in [3.8, 4) is 12.1 Å². The molecule has 3 rings (SSSR count). The average Bonchev–Trinajstić information content (AvgIpc) is 2.86. The summed E-state index contributed by atoms with van der Waals surface area (Å²) in [6, 6.07) is 10.2. The molecular weight excluding hydrogens is 184 g/mol. The molecule has 0 heterocycles. The van der Waals surface area contributed by atoms with E-state index in [2.05, 4.69) is 18.2 Å². The van der Waals surface area contributed by atoms with Crippen LogP contribution in [0.3, 0.4) is 0 Å². The Labute approximate surface area is 88.1 Å². The van der Waals surface area contributed by atoms with Crippen LogP contribution in [0.4, 0.5) is 0 Å². The summed E-state index contributed by atoms with van der Waals surface area (Å²) in [4.78, 5) is 0. The molecule has 0 spiro atoms. The molecular formula is C13H8N2. The summed E-state index contributed by atoms with van der Waals surface area (Å²) < 4.78 is 0. The number of fused-ring (bicyclic) bond motifs is 5. The third-order valence-electron chi connectivity index (χ3n) is 3.37. The van der Waals surface area contributed by atoms with Gasteiger partial charge in [0.05, 0.1) is 17.7 Å². The lowest BCUT2D eigenvalue weighted by molar-refractivity contribution is 0.794. The predicted molar refractivity (Wildman–Crippen MR) is 55.0 cm³/mol. The molecule has 0 fully saturated rings. The van der Waals surface area contributed by atoms with Gasteiger partial charge in [-0.1, -0.05) is 12.1 Å². The fourth-order valence-corrected chi connectivity index (χ4v) is 2.69. The van der Waals surface area contributed by atoms with Crippen molar-refractivity contribution in [2.75, 3.05) is 0 Å². The van der Waals surface area contributed by atoms with Crippen molar-refractivity contribution in [2.24, 2.45) is 0 Å². The van der Waals surface area contributed by atoms with Crippen LogP contribution < -0.4 is 0 Å². The van der Waals surface area contributed by atoms with Gasteiger partial charge in [0.15, 0.2) is 0 Å². The van der Waals surface area contributed by atoms with Crippen LogP contribution >= 0.6 is 0 Å². The van der Waals surface area contributed by atoms with Gasteiger partial charge in [0.1, 0.15) is 0 Å².